The largest absolute Gasteiger partial charge is 0.469 e. The van der Waals surface area contributed by atoms with Crippen molar-refractivity contribution < 1.29 is 28.7 Å². The summed E-state index contributed by atoms with van der Waals surface area (Å²) in [6.07, 6.45) is 4.39. The summed E-state index contributed by atoms with van der Waals surface area (Å²) >= 11 is 0. The second-order valence-electron chi connectivity index (χ2n) is 5.62. The maximum atomic E-state index is 12.6. The summed E-state index contributed by atoms with van der Waals surface area (Å²) in [5.74, 6) is -2.54. The molecule has 0 aromatic rings. The van der Waals surface area contributed by atoms with Crippen LogP contribution in [0.4, 0.5) is 0 Å². The van der Waals surface area contributed by atoms with E-state index >= 15 is 0 Å². The number of methoxy groups -OCH3 is 2. The molecule has 0 fully saturated rings. The van der Waals surface area contributed by atoms with E-state index in [2.05, 4.69) is 16.4 Å². The van der Waals surface area contributed by atoms with E-state index in [0.29, 0.717) is 6.42 Å². The fourth-order valence-electron chi connectivity index (χ4n) is 2.54. The molecule has 0 bridgehead atoms. The van der Waals surface area contributed by atoms with Crippen LogP contribution in [0.15, 0.2) is 0 Å². The van der Waals surface area contributed by atoms with Gasteiger partial charge in [-0.05, 0) is 19.8 Å². The van der Waals surface area contributed by atoms with Gasteiger partial charge in [0.25, 0.3) is 0 Å². The molecule has 6 heteroatoms. The molecular formula is C17H28O6. The van der Waals surface area contributed by atoms with Crippen molar-refractivity contribution in [1.82, 2.24) is 0 Å². The normalized spacial score (nSPS) is 13.0. The van der Waals surface area contributed by atoms with E-state index in [4.69, 9.17) is 0 Å². The van der Waals surface area contributed by atoms with Crippen molar-refractivity contribution >= 4 is 23.5 Å². The Hall–Kier alpha value is -1.72. The topological polar surface area (TPSA) is 86.7 Å². The number of esters is 2. The Balaban J connectivity index is 5.07. The molecule has 6 nitrogen and oxygen atoms in total. The number of hydrogen-bond acceptors (Lipinski definition) is 6. The number of ketones is 2. The lowest BCUT2D eigenvalue weighted by Crippen LogP contribution is -2.46. The van der Waals surface area contributed by atoms with E-state index in [1.54, 1.807) is 0 Å². The molecule has 0 aromatic carbocycles. The fraction of sp³-hybridized carbons (Fsp3) is 0.765. The molecule has 132 valence electrons. The Morgan fingerprint density at radius 2 is 1.48 bits per heavy atom. The van der Waals surface area contributed by atoms with Crippen LogP contribution >= 0.6 is 0 Å². The number of hydrogen-bond donors (Lipinski definition) is 0. The number of carbonyl (C=O) groups is 4. The lowest BCUT2D eigenvalue weighted by molar-refractivity contribution is -0.163. The second kappa shape index (κ2) is 10.9. The van der Waals surface area contributed by atoms with Gasteiger partial charge in [-0.25, -0.2) is 0 Å². The van der Waals surface area contributed by atoms with E-state index in [9.17, 15) is 19.2 Å². The third-order valence-corrected chi connectivity index (χ3v) is 4.05. The van der Waals surface area contributed by atoms with Crippen LogP contribution in [0.1, 0.15) is 65.2 Å². The van der Waals surface area contributed by atoms with Crippen molar-refractivity contribution in [1.29, 1.82) is 0 Å². The van der Waals surface area contributed by atoms with Gasteiger partial charge >= 0.3 is 11.9 Å². The summed E-state index contributed by atoms with van der Waals surface area (Å²) < 4.78 is 9.21. The number of carbonyl (C=O) groups excluding carboxylic acids is 4. The van der Waals surface area contributed by atoms with Crippen molar-refractivity contribution in [2.75, 3.05) is 14.2 Å². The molecule has 0 amide bonds. The molecule has 0 saturated heterocycles. The van der Waals surface area contributed by atoms with Gasteiger partial charge in [-0.1, -0.05) is 32.6 Å². The highest BCUT2D eigenvalue weighted by atomic mass is 16.5. The SMILES string of the molecule is CCCCCCCC(=O)C(CCC(=O)OC)(C(C)=O)C(=O)OC. The highest BCUT2D eigenvalue weighted by molar-refractivity contribution is 6.21. The number of unbranched alkanes of at least 4 members (excludes halogenated alkanes) is 4. The van der Waals surface area contributed by atoms with Gasteiger partial charge in [0.2, 0.25) is 0 Å². The van der Waals surface area contributed by atoms with Gasteiger partial charge in [0.1, 0.15) is 0 Å². The van der Waals surface area contributed by atoms with Crippen LogP contribution in [-0.2, 0) is 28.7 Å². The minimum absolute atomic E-state index is 0.125. The van der Waals surface area contributed by atoms with E-state index in [0.717, 1.165) is 32.8 Å². The lowest BCUT2D eigenvalue weighted by Gasteiger charge is -2.26. The predicted molar refractivity (Wildman–Crippen MR) is 84.8 cm³/mol. The molecule has 1 atom stereocenters. The molecule has 0 heterocycles. The zero-order valence-corrected chi connectivity index (χ0v) is 14.6. The van der Waals surface area contributed by atoms with Crippen molar-refractivity contribution in [3.63, 3.8) is 0 Å². The van der Waals surface area contributed by atoms with E-state index in [-0.39, 0.29) is 19.3 Å². The molecule has 0 N–H and O–H groups in total. The van der Waals surface area contributed by atoms with Gasteiger partial charge in [0.05, 0.1) is 14.2 Å². The minimum Gasteiger partial charge on any atom is -0.469 e. The zero-order chi connectivity index (χ0) is 17.9. The number of rotatable bonds is 12. The van der Waals surface area contributed by atoms with Crippen LogP contribution in [0.3, 0.4) is 0 Å². The molecule has 0 spiro atoms. The smallest absolute Gasteiger partial charge is 0.327 e. The third kappa shape index (κ3) is 6.12. The minimum atomic E-state index is -1.90. The molecule has 0 aromatic heterocycles. The molecule has 0 aliphatic carbocycles. The van der Waals surface area contributed by atoms with Gasteiger partial charge in [0, 0.05) is 12.8 Å². The van der Waals surface area contributed by atoms with Gasteiger partial charge in [0.15, 0.2) is 17.0 Å². The van der Waals surface area contributed by atoms with Crippen molar-refractivity contribution in [3.8, 4) is 0 Å². The number of ether oxygens (including phenoxy) is 2. The first-order valence-electron chi connectivity index (χ1n) is 8.06. The summed E-state index contributed by atoms with van der Waals surface area (Å²) in [7, 11) is 2.35. The molecule has 0 saturated carbocycles. The summed E-state index contributed by atoms with van der Waals surface area (Å²) in [6.45, 7) is 3.28. The maximum absolute atomic E-state index is 12.6. The Bertz CT molecular complexity index is 429. The predicted octanol–water partition coefficient (Wildman–Crippen LogP) is 2.62. The molecule has 0 radical (unpaired) electrons. The Morgan fingerprint density at radius 3 is 1.96 bits per heavy atom. The fourth-order valence-corrected chi connectivity index (χ4v) is 2.54. The van der Waals surface area contributed by atoms with E-state index < -0.39 is 28.9 Å². The van der Waals surface area contributed by atoms with Gasteiger partial charge in [-0.2, -0.15) is 0 Å². The van der Waals surface area contributed by atoms with Gasteiger partial charge in [-0.15, -0.1) is 0 Å². The Labute approximate surface area is 137 Å². The highest BCUT2D eigenvalue weighted by Gasteiger charge is 2.50. The first kappa shape index (κ1) is 21.3. The van der Waals surface area contributed by atoms with Crippen LogP contribution < -0.4 is 0 Å². The molecule has 23 heavy (non-hydrogen) atoms. The van der Waals surface area contributed by atoms with Crippen LogP contribution in [0.5, 0.6) is 0 Å². The van der Waals surface area contributed by atoms with Crippen LogP contribution in [0, 0.1) is 5.41 Å². The van der Waals surface area contributed by atoms with Crippen LogP contribution in [0.25, 0.3) is 0 Å². The third-order valence-electron chi connectivity index (χ3n) is 4.05. The Kier molecular flexibility index (Phi) is 10.1. The van der Waals surface area contributed by atoms with Crippen molar-refractivity contribution in [3.05, 3.63) is 0 Å². The van der Waals surface area contributed by atoms with Crippen molar-refractivity contribution in [2.24, 2.45) is 5.41 Å². The van der Waals surface area contributed by atoms with Crippen molar-refractivity contribution in [2.45, 2.75) is 65.2 Å². The zero-order valence-electron chi connectivity index (χ0n) is 14.6. The first-order chi connectivity index (χ1) is 10.9. The standard InChI is InChI=1S/C17H28O6/c1-5-6-7-8-9-10-14(19)17(13(2)18,16(21)23-4)12-11-15(20)22-3/h5-12H2,1-4H3. The van der Waals surface area contributed by atoms with Gasteiger partial charge in [-0.3, -0.25) is 19.2 Å². The summed E-state index contributed by atoms with van der Waals surface area (Å²) in [5, 5.41) is 0. The summed E-state index contributed by atoms with van der Waals surface area (Å²) in [4.78, 5) is 48.1. The Morgan fingerprint density at radius 1 is 0.870 bits per heavy atom. The highest BCUT2D eigenvalue weighted by Crippen LogP contribution is 2.31. The maximum Gasteiger partial charge on any atom is 0.327 e. The lowest BCUT2D eigenvalue weighted by atomic mass is 9.74. The first-order valence-corrected chi connectivity index (χ1v) is 8.06. The molecule has 0 aliphatic rings. The van der Waals surface area contributed by atoms with Crippen LogP contribution in [0.2, 0.25) is 0 Å². The molecule has 0 aliphatic heterocycles. The van der Waals surface area contributed by atoms with Gasteiger partial charge < -0.3 is 9.47 Å². The molecular weight excluding hydrogens is 300 g/mol. The molecule has 1 unspecified atom stereocenters. The average molecular weight is 328 g/mol. The summed E-state index contributed by atoms with van der Waals surface area (Å²) in [5.41, 5.74) is -1.90. The van der Waals surface area contributed by atoms with E-state index in [1.807, 2.05) is 0 Å². The van der Waals surface area contributed by atoms with Crippen LogP contribution in [-0.4, -0.2) is 37.7 Å². The molecule has 0 rings (SSSR count). The average Bonchev–Trinajstić information content (AvgIpc) is 2.54. The monoisotopic (exact) mass is 328 g/mol. The number of Topliss-reactive ketones (excluding diaryl/α,β-unsaturated/α-hetero) is 2. The summed E-state index contributed by atoms with van der Waals surface area (Å²) in [6, 6.07) is 0. The second-order valence-corrected chi connectivity index (χ2v) is 5.62. The quantitative estimate of drug-likeness (QED) is 0.311. The van der Waals surface area contributed by atoms with E-state index in [1.165, 1.54) is 14.0 Å².